The van der Waals surface area contributed by atoms with Crippen LogP contribution in [0, 0.1) is 0 Å². The van der Waals surface area contributed by atoms with E-state index in [9.17, 15) is 5.11 Å². The highest BCUT2D eigenvalue weighted by Gasteiger charge is 2.17. The van der Waals surface area contributed by atoms with E-state index in [1.54, 1.807) is 6.08 Å². The Hall–Kier alpha value is -1.06. The van der Waals surface area contributed by atoms with Crippen LogP contribution in [-0.4, -0.2) is 17.4 Å². The van der Waals surface area contributed by atoms with Crippen LogP contribution in [0.5, 0.6) is 0 Å². The van der Waals surface area contributed by atoms with Crippen LogP contribution in [0.2, 0.25) is 0 Å². The molecule has 0 saturated heterocycles. The molecule has 3 heteroatoms. The van der Waals surface area contributed by atoms with Gasteiger partial charge < -0.3 is 10.8 Å². The van der Waals surface area contributed by atoms with E-state index in [2.05, 4.69) is 11.9 Å². The summed E-state index contributed by atoms with van der Waals surface area (Å²) in [4.78, 5) is 0. The molecule has 0 aromatic carbocycles. The van der Waals surface area contributed by atoms with Crippen LogP contribution in [0.4, 0.5) is 0 Å². The monoisotopic (exact) mass is 236 g/mol. The van der Waals surface area contributed by atoms with Gasteiger partial charge >= 0.3 is 0 Å². The number of nitrogens with one attached hydrogen (secondary N) is 1. The summed E-state index contributed by atoms with van der Waals surface area (Å²) in [7, 11) is 0. The maximum Gasteiger partial charge on any atom is 0.131 e. The third kappa shape index (κ3) is 5.20. The van der Waals surface area contributed by atoms with E-state index in [4.69, 9.17) is 5.73 Å². The van der Waals surface area contributed by atoms with Gasteiger partial charge in [0.25, 0.3) is 0 Å². The predicted molar refractivity (Wildman–Crippen MR) is 72.2 cm³/mol. The Labute approximate surface area is 104 Å². The summed E-state index contributed by atoms with van der Waals surface area (Å²) in [5.41, 5.74) is 6.78. The molecule has 0 heterocycles. The van der Waals surface area contributed by atoms with Gasteiger partial charge in [-0.3, -0.25) is 5.32 Å². The van der Waals surface area contributed by atoms with E-state index in [1.807, 2.05) is 19.1 Å². The Morgan fingerprint density at radius 3 is 2.59 bits per heavy atom. The zero-order valence-electron chi connectivity index (χ0n) is 10.7. The minimum absolute atomic E-state index is 0.415. The molecule has 1 unspecified atom stereocenters. The Morgan fingerprint density at radius 1 is 1.41 bits per heavy atom. The van der Waals surface area contributed by atoms with Crippen molar-refractivity contribution in [2.24, 2.45) is 5.73 Å². The second-order valence-corrected chi connectivity index (χ2v) is 4.62. The minimum atomic E-state index is -0.658. The fourth-order valence-corrected chi connectivity index (χ4v) is 2.21. The van der Waals surface area contributed by atoms with Crippen molar-refractivity contribution in [2.75, 3.05) is 0 Å². The van der Waals surface area contributed by atoms with Gasteiger partial charge in [-0.25, -0.2) is 0 Å². The van der Waals surface area contributed by atoms with Crippen molar-refractivity contribution in [3.05, 3.63) is 36.1 Å². The molecule has 0 spiro atoms. The summed E-state index contributed by atoms with van der Waals surface area (Å²) < 4.78 is 0. The Morgan fingerprint density at radius 2 is 2.06 bits per heavy atom. The molecule has 3 nitrogen and oxygen atoms in total. The molecule has 1 rings (SSSR count). The van der Waals surface area contributed by atoms with Crippen LogP contribution in [0.25, 0.3) is 0 Å². The van der Waals surface area contributed by atoms with Gasteiger partial charge in [-0.1, -0.05) is 38.0 Å². The van der Waals surface area contributed by atoms with Gasteiger partial charge in [0.2, 0.25) is 0 Å². The fraction of sp³-hybridized carbons (Fsp3) is 0.571. The first-order valence-electron chi connectivity index (χ1n) is 6.36. The summed E-state index contributed by atoms with van der Waals surface area (Å²) in [6, 6.07) is 0.415. The van der Waals surface area contributed by atoms with Crippen molar-refractivity contribution in [3.8, 4) is 0 Å². The van der Waals surface area contributed by atoms with Crippen molar-refractivity contribution >= 4 is 0 Å². The number of hydrogen-bond donors (Lipinski definition) is 3. The van der Waals surface area contributed by atoms with Crippen LogP contribution in [0.3, 0.4) is 0 Å². The summed E-state index contributed by atoms with van der Waals surface area (Å²) >= 11 is 0. The molecule has 96 valence electrons. The van der Waals surface area contributed by atoms with Gasteiger partial charge in [0.1, 0.15) is 6.23 Å². The molecule has 1 fully saturated rings. The molecular formula is C14H24N2O. The van der Waals surface area contributed by atoms with E-state index in [-0.39, 0.29) is 0 Å². The quantitative estimate of drug-likeness (QED) is 0.506. The molecule has 1 aliphatic carbocycles. The Kier molecular flexibility index (Phi) is 6.01. The molecule has 4 N–H and O–H groups in total. The van der Waals surface area contributed by atoms with Gasteiger partial charge in [0.15, 0.2) is 0 Å². The average molecular weight is 236 g/mol. The summed E-state index contributed by atoms with van der Waals surface area (Å²) in [6.07, 6.45) is 10.9. The molecule has 0 radical (unpaired) electrons. The number of allylic oxidation sites excluding steroid dienone is 2. The molecule has 0 bridgehead atoms. The van der Waals surface area contributed by atoms with E-state index in [0.29, 0.717) is 11.7 Å². The molecule has 0 aromatic rings. The lowest BCUT2D eigenvalue weighted by Crippen LogP contribution is -2.40. The lowest BCUT2D eigenvalue weighted by molar-refractivity contribution is 0.148. The largest absolute Gasteiger partial charge is 0.399 e. The van der Waals surface area contributed by atoms with Crippen LogP contribution < -0.4 is 11.1 Å². The predicted octanol–water partition coefficient (Wildman–Crippen LogP) is 2.20. The van der Waals surface area contributed by atoms with E-state index < -0.39 is 6.23 Å². The van der Waals surface area contributed by atoms with Crippen LogP contribution in [0.15, 0.2) is 36.1 Å². The first-order chi connectivity index (χ1) is 8.13. The van der Waals surface area contributed by atoms with Gasteiger partial charge in [0, 0.05) is 11.7 Å². The smallest absolute Gasteiger partial charge is 0.131 e. The number of hydrogen-bond acceptors (Lipinski definition) is 3. The van der Waals surface area contributed by atoms with Crippen molar-refractivity contribution < 1.29 is 5.11 Å². The molecular weight excluding hydrogens is 212 g/mol. The van der Waals surface area contributed by atoms with Crippen LogP contribution in [-0.2, 0) is 0 Å². The van der Waals surface area contributed by atoms with Crippen LogP contribution >= 0.6 is 0 Å². The number of aliphatic hydroxyl groups excluding tert-OH is 1. The molecule has 1 aliphatic rings. The Bertz CT molecular complexity index is 301. The van der Waals surface area contributed by atoms with Gasteiger partial charge in [-0.15, -0.1) is 0 Å². The van der Waals surface area contributed by atoms with E-state index >= 15 is 0 Å². The number of rotatable bonds is 5. The average Bonchev–Trinajstić information content (AvgIpc) is 2.29. The third-order valence-corrected chi connectivity index (χ3v) is 3.03. The molecule has 0 aromatic heterocycles. The normalized spacial score (nSPS) is 20.7. The lowest BCUT2D eigenvalue weighted by atomic mass is 9.95. The summed E-state index contributed by atoms with van der Waals surface area (Å²) in [6.45, 7) is 5.55. The molecule has 1 atom stereocenters. The maximum absolute atomic E-state index is 10.1. The summed E-state index contributed by atoms with van der Waals surface area (Å²) in [5.74, 6) is 0. The van der Waals surface area contributed by atoms with Gasteiger partial charge in [0.05, 0.1) is 0 Å². The van der Waals surface area contributed by atoms with Crippen molar-refractivity contribution in [2.45, 2.75) is 51.3 Å². The maximum atomic E-state index is 10.1. The van der Waals surface area contributed by atoms with Crippen molar-refractivity contribution in [3.63, 3.8) is 0 Å². The first-order valence-corrected chi connectivity index (χ1v) is 6.36. The fourth-order valence-electron chi connectivity index (χ4n) is 2.21. The molecule has 1 saturated carbocycles. The summed E-state index contributed by atoms with van der Waals surface area (Å²) in [5, 5.41) is 13.4. The van der Waals surface area contributed by atoms with Crippen molar-refractivity contribution in [1.82, 2.24) is 5.32 Å². The highest BCUT2D eigenvalue weighted by Crippen LogP contribution is 2.18. The Balaban J connectivity index is 2.58. The second kappa shape index (κ2) is 7.30. The highest BCUT2D eigenvalue weighted by atomic mass is 16.3. The van der Waals surface area contributed by atoms with Crippen molar-refractivity contribution in [1.29, 1.82) is 0 Å². The zero-order valence-corrected chi connectivity index (χ0v) is 10.7. The SMILES string of the molecule is C=C(N)/C=C(\C=C/C)C(O)NC1CCCCC1. The van der Waals surface area contributed by atoms with E-state index in [1.165, 1.54) is 19.3 Å². The van der Waals surface area contributed by atoms with Crippen LogP contribution in [0.1, 0.15) is 39.0 Å². The number of aliphatic hydroxyl groups is 1. The highest BCUT2D eigenvalue weighted by molar-refractivity contribution is 5.29. The molecule has 17 heavy (non-hydrogen) atoms. The minimum Gasteiger partial charge on any atom is -0.399 e. The number of nitrogens with two attached hydrogens (primary N) is 1. The first kappa shape index (κ1) is 14.0. The molecule has 0 aliphatic heterocycles. The van der Waals surface area contributed by atoms with Gasteiger partial charge in [-0.05, 0) is 31.4 Å². The van der Waals surface area contributed by atoms with E-state index in [0.717, 1.165) is 18.4 Å². The third-order valence-electron chi connectivity index (χ3n) is 3.03. The topological polar surface area (TPSA) is 58.3 Å². The second-order valence-electron chi connectivity index (χ2n) is 4.62. The van der Waals surface area contributed by atoms with Gasteiger partial charge in [-0.2, -0.15) is 0 Å². The molecule has 0 amide bonds. The lowest BCUT2D eigenvalue weighted by Gasteiger charge is -2.26. The standard InChI is InChI=1S/C14H24N2O/c1-3-7-12(10-11(2)15)14(17)16-13-8-5-4-6-9-13/h3,7,10,13-14,16-17H,2,4-6,8-9,15H2,1H3/b7-3-,12-10+. The zero-order chi connectivity index (χ0) is 12.7.